The van der Waals surface area contributed by atoms with Crippen LogP contribution in [0.25, 0.3) is 21.6 Å². The molecule has 1 unspecified atom stereocenters. The first-order valence-electron chi connectivity index (χ1n) is 13.4. The van der Waals surface area contributed by atoms with Crippen LogP contribution in [0.5, 0.6) is 0 Å². The van der Waals surface area contributed by atoms with E-state index in [4.69, 9.17) is 17.3 Å². The highest BCUT2D eigenvalue weighted by Crippen LogP contribution is 2.57. The molecule has 2 fully saturated rings. The van der Waals surface area contributed by atoms with Crippen LogP contribution in [0.4, 0.5) is 11.6 Å². The Morgan fingerprint density at radius 3 is 2.55 bits per heavy atom. The van der Waals surface area contributed by atoms with Gasteiger partial charge in [0.25, 0.3) is 11.9 Å². The van der Waals surface area contributed by atoms with E-state index < -0.39 is 6.04 Å². The zero-order valence-electron chi connectivity index (χ0n) is 22.4. The van der Waals surface area contributed by atoms with Crippen LogP contribution in [0.3, 0.4) is 0 Å². The summed E-state index contributed by atoms with van der Waals surface area (Å²) in [6, 6.07) is 10.3. The normalized spacial score (nSPS) is 22.1. The van der Waals surface area contributed by atoms with Crippen molar-refractivity contribution in [1.82, 2.24) is 24.7 Å². The van der Waals surface area contributed by atoms with Crippen LogP contribution in [-0.2, 0) is 10.2 Å². The Balaban J connectivity index is 1.31. The lowest BCUT2D eigenvalue weighted by molar-refractivity contribution is -0.123. The van der Waals surface area contributed by atoms with Crippen LogP contribution in [0.15, 0.2) is 55.0 Å². The summed E-state index contributed by atoms with van der Waals surface area (Å²) in [6.45, 7) is 10.8. The van der Waals surface area contributed by atoms with E-state index in [1.54, 1.807) is 31.5 Å². The minimum atomic E-state index is -0.701. The van der Waals surface area contributed by atoms with Gasteiger partial charge in [-0.05, 0) is 68.9 Å². The lowest BCUT2D eigenvalue weighted by Gasteiger charge is -2.28. The van der Waals surface area contributed by atoms with E-state index in [2.05, 4.69) is 25.4 Å². The van der Waals surface area contributed by atoms with Gasteiger partial charge in [0.2, 0.25) is 0 Å². The molecular weight excluding hydrogens is 504 g/mol. The summed E-state index contributed by atoms with van der Waals surface area (Å²) in [5.41, 5.74) is 9.62. The van der Waals surface area contributed by atoms with E-state index >= 15 is 0 Å². The van der Waals surface area contributed by atoms with E-state index in [1.165, 1.54) is 0 Å². The Kier molecular flexibility index (Phi) is 6.02. The molecule has 2 bridgehead atoms. The Morgan fingerprint density at radius 1 is 1.10 bits per heavy atom. The van der Waals surface area contributed by atoms with Crippen LogP contribution in [-0.4, -0.2) is 42.7 Å². The van der Waals surface area contributed by atoms with Crippen LogP contribution < -0.4 is 16.4 Å². The monoisotopic (exact) mass is 534 g/mol. The van der Waals surface area contributed by atoms with Gasteiger partial charge in [-0.1, -0.05) is 12.1 Å². The number of hydrogen-bond donors (Lipinski definition) is 3. The topological polar surface area (TPSA) is 132 Å². The van der Waals surface area contributed by atoms with Crippen molar-refractivity contribution in [3.63, 3.8) is 0 Å². The molecule has 10 nitrogen and oxygen atoms in total. The van der Waals surface area contributed by atoms with Crippen molar-refractivity contribution in [2.75, 3.05) is 11.1 Å². The van der Waals surface area contributed by atoms with E-state index in [-0.39, 0.29) is 22.8 Å². The third kappa shape index (κ3) is 4.24. The van der Waals surface area contributed by atoms with Gasteiger partial charge in [-0.25, -0.2) is 21.5 Å². The van der Waals surface area contributed by atoms with E-state index in [0.717, 1.165) is 54.6 Å². The van der Waals surface area contributed by atoms with E-state index in [9.17, 15) is 9.59 Å². The first-order valence-corrected chi connectivity index (χ1v) is 13.4. The largest absolute Gasteiger partial charge is 0.382 e. The summed E-state index contributed by atoms with van der Waals surface area (Å²) in [5, 5.41) is 6.03. The SMILES string of the molecule is [C-]#[N+]C(C)C(=O)NC12CCC(c3nc(-c4ccc(C(=O)Nc5cc(C)ccn5)cc4)c4c(N)nccn34)(CC1)C2. The molecule has 1 atom stereocenters. The predicted octanol–water partition coefficient (Wildman–Crippen LogP) is 4.31. The number of carbonyl (C=O) groups is 2. The first-order chi connectivity index (χ1) is 19.2. The number of nitrogens with two attached hydrogens (primary N) is 1. The van der Waals surface area contributed by atoms with Crippen LogP contribution in [0, 0.1) is 13.5 Å². The van der Waals surface area contributed by atoms with Crippen molar-refractivity contribution in [2.24, 2.45) is 0 Å². The molecule has 10 heteroatoms. The molecule has 1 aromatic carbocycles. The average Bonchev–Trinajstić information content (AvgIpc) is 3.64. The number of nitrogen functional groups attached to an aromatic ring is 1. The number of nitrogens with one attached hydrogen (secondary N) is 2. The van der Waals surface area contributed by atoms with E-state index in [1.807, 2.05) is 41.8 Å². The number of aryl methyl sites for hydroxylation is 1. The van der Waals surface area contributed by atoms with Gasteiger partial charge in [0.1, 0.15) is 28.7 Å². The second-order valence-electron chi connectivity index (χ2n) is 11.1. The molecular formula is C30H30N8O2. The van der Waals surface area contributed by atoms with Crippen molar-refractivity contribution in [3.8, 4) is 11.3 Å². The molecule has 2 saturated carbocycles. The number of aromatic nitrogens is 4. The number of anilines is 2. The quantitative estimate of drug-likeness (QED) is 0.316. The van der Waals surface area contributed by atoms with Crippen molar-refractivity contribution < 1.29 is 9.59 Å². The fraction of sp³-hybridized carbons (Fsp3) is 0.333. The number of benzene rings is 1. The van der Waals surface area contributed by atoms with Crippen LogP contribution in [0.1, 0.15) is 60.8 Å². The molecule has 3 aromatic heterocycles. The summed E-state index contributed by atoms with van der Waals surface area (Å²) in [4.78, 5) is 42.5. The Morgan fingerprint density at radius 2 is 1.85 bits per heavy atom. The summed E-state index contributed by atoms with van der Waals surface area (Å²) >= 11 is 0. The summed E-state index contributed by atoms with van der Waals surface area (Å²) in [7, 11) is 0. The van der Waals surface area contributed by atoms with Crippen molar-refractivity contribution in [2.45, 2.75) is 62.9 Å². The lowest BCUT2D eigenvalue weighted by atomic mass is 9.83. The van der Waals surface area contributed by atoms with Gasteiger partial charge in [0, 0.05) is 47.6 Å². The number of nitrogens with zero attached hydrogens (tertiary/aromatic N) is 5. The molecule has 2 aliphatic rings. The van der Waals surface area contributed by atoms with Gasteiger partial charge in [0.05, 0.1) is 0 Å². The Hall–Kier alpha value is -4.78. The molecule has 4 N–H and O–H groups in total. The Bertz CT molecular complexity index is 1680. The number of fused-ring (bicyclic) bond motifs is 3. The van der Waals surface area contributed by atoms with Crippen LogP contribution in [0.2, 0.25) is 0 Å². The molecule has 0 aliphatic heterocycles. The van der Waals surface area contributed by atoms with Gasteiger partial charge in [0.15, 0.2) is 0 Å². The summed E-state index contributed by atoms with van der Waals surface area (Å²) < 4.78 is 2.03. The lowest BCUT2D eigenvalue weighted by Crippen LogP contribution is -2.47. The fourth-order valence-corrected chi connectivity index (χ4v) is 6.32. The number of rotatable bonds is 6. The third-order valence-corrected chi connectivity index (χ3v) is 8.44. The second kappa shape index (κ2) is 9.45. The summed E-state index contributed by atoms with van der Waals surface area (Å²) in [6.07, 6.45) is 9.44. The molecule has 3 heterocycles. The predicted molar refractivity (Wildman–Crippen MR) is 151 cm³/mol. The summed E-state index contributed by atoms with van der Waals surface area (Å²) in [5.74, 6) is 1.33. The molecule has 0 saturated heterocycles. The van der Waals surface area contributed by atoms with Crippen LogP contribution >= 0.6 is 0 Å². The molecule has 2 aliphatic carbocycles. The maximum atomic E-state index is 12.8. The molecule has 2 amide bonds. The fourth-order valence-electron chi connectivity index (χ4n) is 6.32. The molecule has 40 heavy (non-hydrogen) atoms. The van der Waals surface area contributed by atoms with Gasteiger partial charge in [-0.15, -0.1) is 0 Å². The first kappa shape index (κ1) is 25.5. The van der Waals surface area contributed by atoms with Gasteiger partial charge in [-0.2, -0.15) is 0 Å². The van der Waals surface area contributed by atoms with Gasteiger partial charge < -0.3 is 21.2 Å². The van der Waals surface area contributed by atoms with E-state index in [0.29, 0.717) is 22.9 Å². The standard InChI is InChI=1S/C30H30N8O2/c1-18-8-13-33-22(16-18)35-27(40)21-6-4-20(5-7-21)23-24-25(31)34-14-15-38(24)28(36-23)29-9-11-30(17-29,12-10-29)37-26(39)19(2)32-3/h4-8,13-16,19H,9-12,17H2,1-2H3,(H2,31,34)(H,37,39)(H,33,35,40). The highest BCUT2D eigenvalue weighted by molar-refractivity contribution is 6.04. The smallest absolute Gasteiger partial charge is 0.303 e. The maximum Gasteiger partial charge on any atom is 0.303 e. The third-order valence-electron chi connectivity index (χ3n) is 8.44. The number of imidazole rings is 1. The average molecular weight is 535 g/mol. The minimum Gasteiger partial charge on any atom is -0.382 e. The van der Waals surface area contributed by atoms with Crippen molar-refractivity contribution in [3.05, 3.63) is 83.4 Å². The number of pyridine rings is 1. The molecule has 0 radical (unpaired) electrons. The van der Waals surface area contributed by atoms with Crippen molar-refractivity contribution in [1.29, 1.82) is 0 Å². The number of carbonyl (C=O) groups excluding carboxylic acids is 2. The molecule has 4 aromatic rings. The maximum absolute atomic E-state index is 12.8. The molecule has 6 rings (SSSR count). The highest BCUT2D eigenvalue weighted by atomic mass is 16.2. The minimum absolute atomic E-state index is 0.211. The number of hydrogen-bond acceptors (Lipinski definition) is 6. The zero-order valence-corrected chi connectivity index (χ0v) is 22.4. The zero-order chi connectivity index (χ0) is 28.1. The molecule has 0 spiro atoms. The highest BCUT2D eigenvalue weighted by Gasteiger charge is 2.58. The van der Waals surface area contributed by atoms with Crippen molar-refractivity contribution >= 4 is 29.0 Å². The number of amides is 2. The second-order valence-corrected chi connectivity index (χ2v) is 11.1. The molecule has 202 valence electrons. The van der Waals surface area contributed by atoms with Gasteiger partial charge in [-0.3, -0.25) is 14.0 Å². The Labute approximate surface area is 231 Å². The van der Waals surface area contributed by atoms with Gasteiger partial charge >= 0.3 is 5.91 Å².